The number of methoxy groups -OCH3 is 1. The van der Waals surface area contributed by atoms with Crippen LogP contribution in [-0.2, 0) is 4.79 Å². The van der Waals surface area contributed by atoms with Gasteiger partial charge in [0.2, 0.25) is 5.91 Å². The van der Waals surface area contributed by atoms with Gasteiger partial charge in [0.1, 0.15) is 5.75 Å². The quantitative estimate of drug-likeness (QED) is 0.765. The molecule has 3 heteroatoms. The summed E-state index contributed by atoms with van der Waals surface area (Å²) in [5.74, 6) is 1.80. The number of anilines is 1. The Morgan fingerprint density at radius 2 is 1.89 bits per heavy atom. The first-order chi connectivity index (χ1) is 8.54. The number of carbonyl (C=O) groups is 1. The van der Waals surface area contributed by atoms with Crippen LogP contribution in [0.15, 0.2) is 24.3 Å². The van der Waals surface area contributed by atoms with Crippen molar-refractivity contribution >= 4 is 11.6 Å². The zero-order chi connectivity index (χ0) is 13.3. The van der Waals surface area contributed by atoms with Crippen molar-refractivity contribution in [1.29, 1.82) is 0 Å². The molecule has 0 aromatic heterocycles. The Morgan fingerprint density at radius 1 is 1.28 bits per heavy atom. The molecule has 1 fully saturated rings. The molecule has 1 aliphatic rings. The van der Waals surface area contributed by atoms with Gasteiger partial charge in [0.15, 0.2) is 0 Å². The average Bonchev–Trinajstić information content (AvgIpc) is 2.38. The predicted octanol–water partition coefficient (Wildman–Crippen LogP) is 3.09. The Labute approximate surface area is 109 Å². The molecule has 0 N–H and O–H groups in total. The molecule has 3 nitrogen and oxygen atoms in total. The first-order valence-electron chi connectivity index (χ1n) is 6.51. The fourth-order valence-corrected chi connectivity index (χ4v) is 2.54. The molecule has 0 aliphatic carbocycles. The SMILES string of the molecule is COc1ccc(N2C(=O)[C@H](C)[C@H]2CC(C)C)cc1. The van der Waals surface area contributed by atoms with E-state index < -0.39 is 0 Å². The first-order valence-corrected chi connectivity index (χ1v) is 6.51. The van der Waals surface area contributed by atoms with Crippen molar-refractivity contribution < 1.29 is 9.53 Å². The molecule has 2 atom stereocenters. The molecule has 0 radical (unpaired) electrons. The second-order valence-corrected chi connectivity index (χ2v) is 5.39. The summed E-state index contributed by atoms with van der Waals surface area (Å²) in [7, 11) is 1.65. The molecule has 1 saturated heterocycles. The maximum atomic E-state index is 12.0. The largest absolute Gasteiger partial charge is 0.497 e. The zero-order valence-electron chi connectivity index (χ0n) is 11.5. The molecule has 1 aliphatic heterocycles. The number of benzene rings is 1. The topological polar surface area (TPSA) is 29.5 Å². The van der Waals surface area contributed by atoms with E-state index in [9.17, 15) is 4.79 Å². The Balaban J connectivity index is 2.17. The van der Waals surface area contributed by atoms with E-state index in [1.807, 2.05) is 36.1 Å². The zero-order valence-corrected chi connectivity index (χ0v) is 11.5. The number of hydrogen-bond donors (Lipinski definition) is 0. The van der Waals surface area contributed by atoms with Crippen LogP contribution >= 0.6 is 0 Å². The van der Waals surface area contributed by atoms with Gasteiger partial charge in [-0.05, 0) is 36.6 Å². The van der Waals surface area contributed by atoms with Crippen molar-refractivity contribution in [1.82, 2.24) is 0 Å². The van der Waals surface area contributed by atoms with Crippen LogP contribution in [0.3, 0.4) is 0 Å². The molecular weight excluding hydrogens is 226 g/mol. The van der Waals surface area contributed by atoms with Crippen molar-refractivity contribution in [3.05, 3.63) is 24.3 Å². The highest BCUT2D eigenvalue weighted by Crippen LogP contribution is 2.36. The van der Waals surface area contributed by atoms with Crippen LogP contribution in [0.1, 0.15) is 27.2 Å². The number of hydrogen-bond acceptors (Lipinski definition) is 2. The molecule has 0 spiro atoms. The van der Waals surface area contributed by atoms with E-state index in [-0.39, 0.29) is 11.8 Å². The fraction of sp³-hybridized carbons (Fsp3) is 0.533. The van der Waals surface area contributed by atoms with Crippen molar-refractivity contribution in [3.8, 4) is 5.75 Å². The van der Waals surface area contributed by atoms with Gasteiger partial charge in [0, 0.05) is 11.7 Å². The van der Waals surface area contributed by atoms with Crippen LogP contribution < -0.4 is 9.64 Å². The van der Waals surface area contributed by atoms with E-state index in [0.29, 0.717) is 12.0 Å². The third kappa shape index (κ3) is 2.22. The molecule has 1 aromatic carbocycles. The molecule has 0 saturated carbocycles. The minimum absolute atomic E-state index is 0.148. The summed E-state index contributed by atoms with van der Waals surface area (Å²) in [6.45, 7) is 6.42. The van der Waals surface area contributed by atoms with E-state index in [0.717, 1.165) is 17.9 Å². The minimum atomic E-state index is 0.148. The molecule has 1 amide bonds. The average molecular weight is 247 g/mol. The Hall–Kier alpha value is -1.51. The molecule has 0 bridgehead atoms. The maximum Gasteiger partial charge on any atom is 0.232 e. The second kappa shape index (κ2) is 5.01. The van der Waals surface area contributed by atoms with Gasteiger partial charge in [-0.3, -0.25) is 4.79 Å². The summed E-state index contributed by atoms with van der Waals surface area (Å²) >= 11 is 0. The minimum Gasteiger partial charge on any atom is -0.497 e. The van der Waals surface area contributed by atoms with Gasteiger partial charge in [0.25, 0.3) is 0 Å². The molecule has 2 rings (SSSR count). The van der Waals surface area contributed by atoms with Crippen molar-refractivity contribution in [2.75, 3.05) is 12.0 Å². The van der Waals surface area contributed by atoms with Crippen LogP contribution in [0, 0.1) is 11.8 Å². The molecule has 0 unspecified atom stereocenters. The maximum absolute atomic E-state index is 12.0. The highest BCUT2D eigenvalue weighted by Gasteiger charge is 2.44. The molecule has 1 aromatic rings. The van der Waals surface area contributed by atoms with Crippen LogP contribution in [0.4, 0.5) is 5.69 Å². The van der Waals surface area contributed by atoms with Crippen LogP contribution in [0.5, 0.6) is 5.75 Å². The standard InChI is InChI=1S/C15H21NO2/c1-10(2)9-14-11(3)15(17)16(14)12-5-7-13(18-4)8-6-12/h5-8,10-11,14H,9H2,1-4H3/t11-,14-/m1/s1. The van der Waals surface area contributed by atoms with E-state index in [1.54, 1.807) is 7.11 Å². The van der Waals surface area contributed by atoms with E-state index in [4.69, 9.17) is 4.74 Å². The number of carbonyl (C=O) groups excluding carboxylic acids is 1. The summed E-state index contributed by atoms with van der Waals surface area (Å²) in [5.41, 5.74) is 0.976. The van der Waals surface area contributed by atoms with Gasteiger partial charge in [-0.1, -0.05) is 20.8 Å². The molecular formula is C15H21NO2. The smallest absolute Gasteiger partial charge is 0.232 e. The monoisotopic (exact) mass is 247 g/mol. The Morgan fingerprint density at radius 3 is 2.39 bits per heavy atom. The van der Waals surface area contributed by atoms with Gasteiger partial charge < -0.3 is 9.64 Å². The lowest BCUT2D eigenvalue weighted by atomic mass is 9.83. The first kappa shape index (κ1) is 12.9. The number of nitrogens with zero attached hydrogens (tertiary/aromatic N) is 1. The highest BCUT2D eigenvalue weighted by molar-refractivity contribution is 6.02. The van der Waals surface area contributed by atoms with Gasteiger partial charge in [-0.2, -0.15) is 0 Å². The van der Waals surface area contributed by atoms with Crippen LogP contribution in [0.25, 0.3) is 0 Å². The number of rotatable bonds is 4. The van der Waals surface area contributed by atoms with Crippen molar-refractivity contribution in [2.24, 2.45) is 11.8 Å². The third-order valence-corrected chi connectivity index (χ3v) is 3.60. The van der Waals surface area contributed by atoms with Gasteiger partial charge in [-0.25, -0.2) is 0 Å². The number of β-lactam (4-membered cyclic amide) rings is 1. The Bertz CT molecular complexity index is 425. The lowest BCUT2D eigenvalue weighted by Crippen LogP contribution is -2.60. The normalized spacial score (nSPS) is 23.2. The summed E-state index contributed by atoms with van der Waals surface area (Å²) < 4.78 is 5.14. The van der Waals surface area contributed by atoms with Crippen molar-refractivity contribution in [3.63, 3.8) is 0 Å². The van der Waals surface area contributed by atoms with E-state index in [2.05, 4.69) is 13.8 Å². The van der Waals surface area contributed by atoms with E-state index in [1.165, 1.54) is 0 Å². The predicted molar refractivity (Wildman–Crippen MR) is 72.9 cm³/mol. The van der Waals surface area contributed by atoms with Gasteiger partial charge in [0.05, 0.1) is 13.0 Å². The van der Waals surface area contributed by atoms with E-state index >= 15 is 0 Å². The summed E-state index contributed by atoms with van der Waals surface area (Å²) in [6.07, 6.45) is 1.05. The second-order valence-electron chi connectivity index (χ2n) is 5.39. The number of ether oxygens (including phenoxy) is 1. The summed E-state index contributed by atoms with van der Waals surface area (Å²) in [6, 6.07) is 8.05. The molecule has 98 valence electrons. The fourth-order valence-electron chi connectivity index (χ4n) is 2.54. The number of amides is 1. The van der Waals surface area contributed by atoms with Gasteiger partial charge in [-0.15, -0.1) is 0 Å². The molecule has 1 heterocycles. The van der Waals surface area contributed by atoms with Crippen molar-refractivity contribution in [2.45, 2.75) is 33.2 Å². The summed E-state index contributed by atoms with van der Waals surface area (Å²) in [5, 5.41) is 0. The van der Waals surface area contributed by atoms with Gasteiger partial charge >= 0.3 is 0 Å². The molecule has 18 heavy (non-hydrogen) atoms. The van der Waals surface area contributed by atoms with Crippen LogP contribution in [-0.4, -0.2) is 19.1 Å². The highest BCUT2D eigenvalue weighted by atomic mass is 16.5. The lowest BCUT2D eigenvalue weighted by Gasteiger charge is -2.46. The van der Waals surface area contributed by atoms with Crippen LogP contribution in [0.2, 0.25) is 0 Å². The Kier molecular flexibility index (Phi) is 3.60. The lowest BCUT2D eigenvalue weighted by molar-refractivity contribution is -0.129. The third-order valence-electron chi connectivity index (χ3n) is 3.60. The summed E-state index contributed by atoms with van der Waals surface area (Å²) in [4.78, 5) is 13.9.